The molecule has 0 unspecified atom stereocenters. The topological polar surface area (TPSA) is 58.6 Å². The van der Waals surface area contributed by atoms with Crippen molar-refractivity contribution in [2.45, 2.75) is 71.4 Å². The molecule has 0 aromatic heterocycles. The summed E-state index contributed by atoms with van der Waals surface area (Å²) in [5.74, 6) is 1.03. The van der Waals surface area contributed by atoms with Gasteiger partial charge in [0.2, 0.25) is 5.91 Å². The number of rotatable bonds is 4. The minimum Gasteiger partial charge on any atom is -0.444 e. The summed E-state index contributed by atoms with van der Waals surface area (Å²) >= 11 is 0. The van der Waals surface area contributed by atoms with Gasteiger partial charge >= 0.3 is 6.09 Å². The van der Waals surface area contributed by atoms with Crippen LogP contribution in [0.2, 0.25) is 0 Å². The third kappa shape index (κ3) is 4.89. The summed E-state index contributed by atoms with van der Waals surface area (Å²) in [5.41, 5.74) is -0.468. The van der Waals surface area contributed by atoms with Gasteiger partial charge in [-0.25, -0.2) is 4.79 Å². The average molecular weight is 310 g/mol. The first-order valence-electron chi connectivity index (χ1n) is 8.52. The number of carbonyl (C=O) groups excluding carboxylic acids is 2. The molecule has 1 heterocycles. The minimum atomic E-state index is -0.468. The third-order valence-corrected chi connectivity index (χ3v) is 4.66. The molecule has 0 aromatic carbocycles. The fourth-order valence-electron chi connectivity index (χ4n) is 3.12. The quantitative estimate of drug-likeness (QED) is 0.868. The van der Waals surface area contributed by atoms with Crippen molar-refractivity contribution in [1.29, 1.82) is 0 Å². The zero-order valence-corrected chi connectivity index (χ0v) is 14.4. The van der Waals surface area contributed by atoms with E-state index in [2.05, 4.69) is 12.2 Å². The second-order valence-corrected chi connectivity index (χ2v) is 7.83. The molecule has 0 aromatic rings. The van der Waals surface area contributed by atoms with Gasteiger partial charge in [-0.1, -0.05) is 6.42 Å². The standard InChI is InChI=1S/C17H30N2O3/c1-12(14-6-5-7-14)18-15(20)10-13-8-9-19(11-13)16(21)22-17(2,3)4/h12-14H,5-11H2,1-4H3,(H,18,20)/t12-,13-/m1/s1. The van der Waals surface area contributed by atoms with E-state index in [0.29, 0.717) is 25.4 Å². The van der Waals surface area contributed by atoms with Crippen LogP contribution >= 0.6 is 0 Å². The second-order valence-electron chi connectivity index (χ2n) is 7.83. The van der Waals surface area contributed by atoms with Gasteiger partial charge in [-0.3, -0.25) is 4.79 Å². The summed E-state index contributed by atoms with van der Waals surface area (Å²) in [7, 11) is 0. The van der Waals surface area contributed by atoms with Gasteiger partial charge in [0.15, 0.2) is 0 Å². The van der Waals surface area contributed by atoms with Crippen molar-refractivity contribution >= 4 is 12.0 Å². The Kier molecular flexibility index (Phi) is 5.35. The van der Waals surface area contributed by atoms with Gasteiger partial charge in [-0.15, -0.1) is 0 Å². The van der Waals surface area contributed by atoms with Gasteiger partial charge in [0.05, 0.1) is 0 Å². The van der Waals surface area contributed by atoms with Crippen molar-refractivity contribution in [1.82, 2.24) is 10.2 Å². The normalized spacial score (nSPS) is 23.8. The van der Waals surface area contributed by atoms with Crippen LogP contribution in [-0.4, -0.2) is 41.6 Å². The van der Waals surface area contributed by atoms with Gasteiger partial charge in [0.25, 0.3) is 0 Å². The Bertz CT molecular complexity index is 413. The number of ether oxygens (including phenoxy) is 1. The first kappa shape index (κ1) is 17.1. The summed E-state index contributed by atoms with van der Waals surface area (Å²) in [4.78, 5) is 25.8. The molecule has 1 saturated heterocycles. The molecular weight excluding hydrogens is 280 g/mol. The van der Waals surface area contributed by atoms with E-state index in [1.165, 1.54) is 19.3 Å². The van der Waals surface area contributed by atoms with E-state index >= 15 is 0 Å². The second kappa shape index (κ2) is 6.88. The van der Waals surface area contributed by atoms with Crippen LogP contribution in [0.5, 0.6) is 0 Å². The highest BCUT2D eigenvalue weighted by Crippen LogP contribution is 2.29. The minimum absolute atomic E-state index is 0.121. The van der Waals surface area contributed by atoms with E-state index in [4.69, 9.17) is 4.74 Å². The van der Waals surface area contributed by atoms with Crippen molar-refractivity contribution in [3.05, 3.63) is 0 Å². The van der Waals surface area contributed by atoms with E-state index in [1.807, 2.05) is 20.8 Å². The molecule has 1 aliphatic carbocycles. The average Bonchev–Trinajstić information content (AvgIpc) is 2.72. The molecule has 0 spiro atoms. The molecule has 1 aliphatic heterocycles. The van der Waals surface area contributed by atoms with Crippen LogP contribution in [0.25, 0.3) is 0 Å². The number of carbonyl (C=O) groups is 2. The van der Waals surface area contributed by atoms with E-state index < -0.39 is 5.60 Å². The fraction of sp³-hybridized carbons (Fsp3) is 0.882. The van der Waals surface area contributed by atoms with Crippen LogP contribution in [-0.2, 0) is 9.53 Å². The smallest absolute Gasteiger partial charge is 0.410 e. The van der Waals surface area contributed by atoms with Gasteiger partial charge < -0.3 is 15.0 Å². The summed E-state index contributed by atoms with van der Waals surface area (Å²) in [6, 6.07) is 0.282. The summed E-state index contributed by atoms with van der Waals surface area (Å²) in [6.07, 6.45) is 4.88. The van der Waals surface area contributed by atoms with Crippen molar-refractivity contribution in [3.8, 4) is 0 Å². The predicted octanol–water partition coefficient (Wildman–Crippen LogP) is 2.94. The number of hydrogen-bond donors (Lipinski definition) is 1. The van der Waals surface area contributed by atoms with Gasteiger partial charge in [0, 0.05) is 25.6 Å². The van der Waals surface area contributed by atoms with Crippen molar-refractivity contribution in [2.75, 3.05) is 13.1 Å². The van der Waals surface area contributed by atoms with E-state index in [-0.39, 0.29) is 24.0 Å². The zero-order chi connectivity index (χ0) is 16.3. The lowest BCUT2D eigenvalue weighted by molar-refractivity contribution is -0.123. The molecule has 1 saturated carbocycles. The monoisotopic (exact) mass is 310 g/mol. The molecule has 2 fully saturated rings. The molecule has 2 atom stereocenters. The molecule has 2 aliphatic rings. The van der Waals surface area contributed by atoms with E-state index in [0.717, 1.165) is 6.42 Å². The highest BCUT2D eigenvalue weighted by Gasteiger charge is 2.31. The summed E-state index contributed by atoms with van der Waals surface area (Å²) in [5, 5.41) is 3.12. The molecule has 0 bridgehead atoms. The van der Waals surface area contributed by atoms with Crippen molar-refractivity contribution in [2.24, 2.45) is 11.8 Å². The summed E-state index contributed by atoms with van der Waals surface area (Å²) in [6.45, 7) is 9.02. The molecule has 1 N–H and O–H groups in total. The Hall–Kier alpha value is -1.26. The highest BCUT2D eigenvalue weighted by molar-refractivity contribution is 5.77. The highest BCUT2D eigenvalue weighted by atomic mass is 16.6. The lowest BCUT2D eigenvalue weighted by Crippen LogP contribution is -2.41. The largest absolute Gasteiger partial charge is 0.444 e. The molecule has 5 nitrogen and oxygen atoms in total. The maximum atomic E-state index is 12.1. The van der Waals surface area contributed by atoms with Gasteiger partial charge in [0.1, 0.15) is 5.60 Å². The number of nitrogens with zero attached hydrogens (tertiary/aromatic N) is 1. The van der Waals surface area contributed by atoms with Gasteiger partial charge in [-0.2, -0.15) is 0 Å². The maximum Gasteiger partial charge on any atom is 0.410 e. The van der Waals surface area contributed by atoms with Crippen LogP contribution in [0.3, 0.4) is 0 Å². The lowest BCUT2D eigenvalue weighted by Gasteiger charge is -2.32. The molecule has 2 rings (SSSR count). The first-order chi connectivity index (χ1) is 10.2. The van der Waals surface area contributed by atoms with Crippen molar-refractivity contribution in [3.63, 3.8) is 0 Å². The SMILES string of the molecule is C[C@@H](NC(=O)C[C@H]1CCN(C(=O)OC(C)(C)C)C1)C1CCC1. The predicted molar refractivity (Wildman–Crippen MR) is 85.5 cm³/mol. The molecule has 126 valence electrons. The van der Waals surface area contributed by atoms with Gasteiger partial charge in [-0.05, 0) is 58.8 Å². The molecule has 2 amide bonds. The Morgan fingerprint density at radius 1 is 1.27 bits per heavy atom. The Balaban J connectivity index is 1.71. The number of likely N-dealkylation sites (tertiary alicyclic amines) is 1. The van der Waals surface area contributed by atoms with Crippen molar-refractivity contribution < 1.29 is 14.3 Å². The Labute approximate surface area is 133 Å². The Morgan fingerprint density at radius 3 is 2.50 bits per heavy atom. The maximum absolute atomic E-state index is 12.1. The molecule has 22 heavy (non-hydrogen) atoms. The van der Waals surface area contributed by atoms with E-state index in [1.54, 1.807) is 4.90 Å². The summed E-state index contributed by atoms with van der Waals surface area (Å²) < 4.78 is 5.38. The van der Waals surface area contributed by atoms with Crippen LogP contribution in [0.1, 0.15) is 59.8 Å². The van der Waals surface area contributed by atoms with E-state index in [9.17, 15) is 9.59 Å². The first-order valence-corrected chi connectivity index (χ1v) is 8.52. The zero-order valence-electron chi connectivity index (χ0n) is 14.4. The number of hydrogen-bond acceptors (Lipinski definition) is 3. The third-order valence-electron chi connectivity index (χ3n) is 4.66. The van der Waals surface area contributed by atoms with Crippen LogP contribution in [0.15, 0.2) is 0 Å². The molecule has 5 heteroatoms. The number of amides is 2. The molecule has 0 radical (unpaired) electrons. The van der Waals surface area contributed by atoms with Crippen LogP contribution < -0.4 is 5.32 Å². The number of nitrogens with one attached hydrogen (secondary N) is 1. The lowest BCUT2D eigenvalue weighted by atomic mass is 9.80. The fourth-order valence-corrected chi connectivity index (χ4v) is 3.12. The van der Waals surface area contributed by atoms with Crippen LogP contribution in [0, 0.1) is 11.8 Å². The van der Waals surface area contributed by atoms with Crippen LogP contribution in [0.4, 0.5) is 4.79 Å². The Morgan fingerprint density at radius 2 is 1.95 bits per heavy atom. The molecular formula is C17H30N2O3.